The Morgan fingerprint density at radius 3 is 2.55 bits per heavy atom. The maximum atomic E-state index is 4.40. The lowest BCUT2D eigenvalue weighted by Crippen LogP contribution is -2.11. The van der Waals surface area contributed by atoms with Crippen LogP contribution in [0.15, 0.2) is 48.9 Å². The largest absolute Gasteiger partial charge is 0.363 e. The van der Waals surface area contributed by atoms with E-state index in [0.29, 0.717) is 0 Å². The Hall–Kier alpha value is -2.69. The molecule has 0 fully saturated rings. The highest BCUT2D eigenvalue weighted by Crippen LogP contribution is 2.25. The van der Waals surface area contributed by atoms with Gasteiger partial charge in [-0.15, -0.1) is 0 Å². The van der Waals surface area contributed by atoms with Crippen molar-refractivity contribution in [3.8, 4) is 0 Å². The average Bonchev–Trinajstić information content (AvgIpc) is 2.55. The number of hydrogen-bond donors (Lipinski definition) is 1. The van der Waals surface area contributed by atoms with Gasteiger partial charge in [0.1, 0.15) is 18.0 Å². The summed E-state index contributed by atoms with van der Waals surface area (Å²) in [6.07, 6.45) is 3.35. The molecule has 1 aromatic carbocycles. The van der Waals surface area contributed by atoms with Gasteiger partial charge >= 0.3 is 0 Å². The molecule has 5 nitrogen and oxygen atoms in total. The highest BCUT2D eigenvalue weighted by molar-refractivity contribution is 5.90. The van der Waals surface area contributed by atoms with Crippen LogP contribution in [0, 0.1) is 0 Å². The number of aromatic nitrogens is 3. The van der Waals surface area contributed by atoms with Crippen molar-refractivity contribution in [3.05, 3.63) is 54.5 Å². The number of nitrogens with one attached hydrogen (secondary N) is 1. The SMILES string of the molecule is C[C@H](Nc1ncnc2cnc(N(C)C)cc12)c1ccccc1. The highest BCUT2D eigenvalue weighted by Gasteiger charge is 2.10. The van der Waals surface area contributed by atoms with Crippen LogP contribution < -0.4 is 10.2 Å². The standard InChI is InChI=1S/C17H19N5/c1-12(13-7-5-4-6-8-13)21-17-14-9-16(22(2)3)18-10-15(14)19-11-20-17/h4-12H,1-3H3,(H,19,20,21)/t12-/m0/s1. The zero-order chi connectivity index (χ0) is 15.5. The van der Waals surface area contributed by atoms with E-state index in [2.05, 4.69) is 39.3 Å². The molecule has 112 valence electrons. The van der Waals surface area contributed by atoms with E-state index in [1.54, 1.807) is 12.5 Å². The number of fused-ring (bicyclic) bond motifs is 1. The van der Waals surface area contributed by atoms with Crippen molar-refractivity contribution in [3.63, 3.8) is 0 Å². The van der Waals surface area contributed by atoms with E-state index < -0.39 is 0 Å². The van der Waals surface area contributed by atoms with E-state index in [9.17, 15) is 0 Å². The first-order chi connectivity index (χ1) is 10.6. The van der Waals surface area contributed by atoms with Crippen LogP contribution in [0.5, 0.6) is 0 Å². The van der Waals surface area contributed by atoms with E-state index in [4.69, 9.17) is 0 Å². The molecule has 3 aromatic rings. The van der Waals surface area contributed by atoms with Gasteiger partial charge in [-0.1, -0.05) is 30.3 Å². The summed E-state index contributed by atoms with van der Waals surface area (Å²) in [5, 5.41) is 4.45. The highest BCUT2D eigenvalue weighted by atomic mass is 15.1. The summed E-state index contributed by atoms with van der Waals surface area (Å²) in [6, 6.07) is 12.5. The molecule has 1 N–H and O–H groups in total. The molecule has 0 radical (unpaired) electrons. The number of hydrogen-bond acceptors (Lipinski definition) is 5. The number of anilines is 2. The first-order valence-corrected chi connectivity index (χ1v) is 7.24. The average molecular weight is 293 g/mol. The third-order valence-corrected chi connectivity index (χ3v) is 3.62. The fourth-order valence-electron chi connectivity index (χ4n) is 2.34. The second-order valence-corrected chi connectivity index (χ2v) is 5.45. The molecule has 0 aliphatic heterocycles. The Morgan fingerprint density at radius 2 is 1.82 bits per heavy atom. The van der Waals surface area contributed by atoms with Crippen LogP contribution in [0.4, 0.5) is 11.6 Å². The maximum Gasteiger partial charge on any atom is 0.137 e. The minimum Gasteiger partial charge on any atom is -0.363 e. The molecule has 0 amide bonds. The smallest absolute Gasteiger partial charge is 0.137 e. The van der Waals surface area contributed by atoms with Gasteiger partial charge in [-0.3, -0.25) is 0 Å². The van der Waals surface area contributed by atoms with E-state index in [-0.39, 0.29) is 6.04 Å². The van der Waals surface area contributed by atoms with E-state index in [1.165, 1.54) is 5.56 Å². The molecule has 0 unspecified atom stereocenters. The van der Waals surface area contributed by atoms with Gasteiger partial charge < -0.3 is 10.2 Å². The quantitative estimate of drug-likeness (QED) is 0.800. The van der Waals surface area contributed by atoms with Crippen molar-refractivity contribution < 1.29 is 0 Å². The first kappa shape index (κ1) is 14.3. The summed E-state index contributed by atoms with van der Waals surface area (Å²) < 4.78 is 0. The van der Waals surface area contributed by atoms with Crippen molar-refractivity contribution in [2.45, 2.75) is 13.0 Å². The van der Waals surface area contributed by atoms with Gasteiger partial charge in [0, 0.05) is 25.5 Å². The number of benzene rings is 1. The first-order valence-electron chi connectivity index (χ1n) is 7.24. The Balaban J connectivity index is 1.98. The molecule has 0 aliphatic rings. The normalized spacial score (nSPS) is 12.1. The molecule has 0 saturated carbocycles. The second kappa shape index (κ2) is 5.97. The van der Waals surface area contributed by atoms with Crippen LogP contribution in [0.25, 0.3) is 10.9 Å². The summed E-state index contributed by atoms with van der Waals surface area (Å²) in [7, 11) is 3.94. The van der Waals surface area contributed by atoms with Crippen molar-refractivity contribution in [2.24, 2.45) is 0 Å². The number of nitrogens with zero attached hydrogens (tertiary/aromatic N) is 4. The van der Waals surface area contributed by atoms with Gasteiger partial charge in [0.25, 0.3) is 0 Å². The molecular weight excluding hydrogens is 274 g/mol. The second-order valence-electron chi connectivity index (χ2n) is 5.45. The van der Waals surface area contributed by atoms with Crippen LogP contribution in [-0.2, 0) is 0 Å². The lowest BCUT2D eigenvalue weighted by molar-refractivity contribution is 0.875. The van der Waals surface area contributed by atoms with Crippen molar-refractivity contribution in [1.82, 2.24) is 15.0 Å². The molecule has 22 heavy (non-hydrogen) atoms. The summed E-state index contributed by atoms with van der Waals surface area (Å²) in [5.74, 6) is 1.71. The number of rotatable bonds is 4. The zero-order valence-electron chi connectivity index (χ0n) is 13.0. The van der Waals surface area contributed by atoms with Crippen LogP contribution in [0.2, 0.25) is 0 Å². The molecule has 1 atom stereocenters. The fraction of sp³-hybridized carbons (Fsp3) is 0.235. The van der Waals surface area contributed by atoms with E-state index in [1.807, 2.05) is 43.3 Å². The van der Waals surface area contributed by atoms with Crippen LogP contribution in [-0.4, -0.2) is 29.0 Å². The van der Waals surface area contributed by atoms with E-state index in [0.717, 1.165) is 22.5 Å². The minimum atomic E-state index is 0.162. The Morgan fingerprint density at radius 1 is 1.05 bits per heavy atom. The molecule has 0 aliphatic carbocycles. The summed E-state index contributed by atoms with van der Waals surface area (Å²) in [6.45, 7) is 2.12. The molecule has 0 spiro atoms. The third kappa shape index (κ3) is 2.83. The monoisotopic (exact) mass is 293 g/mol. The van der Waals surface area contributed by atoms with Crippen LogP contribution in [0.1, 0.15) is 18.5 Å². The molecular formula is C17H19N5. The Labute approximate surface area is 130 Å². The van der Waals surface area contributed by atoms with Gasteiger partial charge in [-0.2, -0.15) is 0 Å². The predicted octanol–water partition coefficient (Wildman–Crippen LogP) is 3.26. The fourth-order valence-corrected chi connectivity index (χ4v) is 2.34. The van der Waals surface area contributed by atoms with Crippen LogP contribution >= 0.6 is 0 Å². The summed E-state index contributed by atoms with van der Waals surface area (Å²) in [4.78, 5) is 15.1. The minimum absolute atomic E-state index is 0.162. The van der Waals surface area contributed by atoms with Gasteiger partial charge in [-0.25, -0.2) is 15.0 Å². The lowest BCUT2D eigenvalue weighted by Gasteiger charge is -2.17. The van der Waals surface area contributed by atoms with Gasteiger partial charge in [-0.05, 0) is 18.6 Å². The number of pyridine rings is 1. The Bertz CT molecular complexity index is 770. The van der Waals surface area contributed by atoms with E-state index >= 15 is 0 Å². The lowest BCUT2D eigenvalue weighted by atomic mass is 10.1. The third-order valence-electron chi connectivity index (χ3n) is 3.62. The van der Waals surface area contributed by atoms with Gasteiger partial charge in [0.2, 0.25) is 0 Å². The molecule has 2 aromatic heterocycles. The molecule has 3 rings (SSSR count). The molecule has 5 heteroatoms. The predicted molar refractivity (Wildman–Crippen MR) is 90.1 cm³/mol. The van der Waals surface area contributed by atoms with Crippen LogP contribution in [0.3, 0.4) is 0 Å². The van der Waals surface area contributed by atoms with Gasteiger partial charge in [0.05, 0.1) is 11.7 Å². The van der Waals surface area contributed by atoms with Crippen molar-refractivity contribution in [1.29, 1.82) is 0 Å². The Kier molecular flexibility index (Phi) is 3.87. The topological polar surface area (TPSA) is 53.9 Å². The maximum absolute atomic E-state index is 4.40. The molecule has 2 heterocycles. The molecule has 0 bridgehead atoms. The van der Waals surface area contributed by atoms with Gasteiger partial charge in [0.15, 0.2) is 0 Å². The zero-order valence-corrected chi connectivity index (χ0v) is 13.0. The summed E-state index contributed by atoms with van der Waals surface area (Å²) >= 11 is 0. The van der Waals surface area contributed by atoms with Crippen molar-refractivity contribution >= 4 is 22.5 Å². The molecule has 0 saturated heterocycles. The van der Waals surface area contributed by atoms with Crippen molar-refractivity contribution in [2.75, 3.05) is 24.3 Å². The summed E-state index contributed by atoms with van der Waals surface area (Å²) in [5.41, 5.74) is 2.06.